The molecule has 0 spiro atoms. The van der Waals surface area contributed by atoms with Crippen molar-refractivity contribution in [3.63, 3.8) is 0 Å². The molecule has 0 bridgehead atoms. The summed E-state index contributed by atoms with van der Waals surface area (Å²) in [6.45, 7) is 4.17. The number of likely N-dealkylation sites (tertiary alicyclic amines) is 1. The number of aliphatic hydroxyl groups excluding tert-OH is 1. The second kappa shape index (κ2) is 7.59. The van der Waals surface area contributed by atoms with Gasteiger partial charge in [-0.15, -0.1) is 16.4 Å². The minimum Gasteiger partial charge on any atom is -0.396 e. The third-order valence-electron chi connectivity index (χ3n) is 4.70. The summed E-state index contributed by atoms with van der Waals surface area (Å²) in [5.41, 5.74) is 1.97. The minimum atomic E-state index is 0.123. The third-order valence-corrected chi connectivity index (χ3v) is 5.72. The van der Waals surface area contributed by atoms with Crippen LogP contribution in [-0.4, -0.2) is 49.7 Å². The monoisotopic (exact) mass is 357 g/mol. The van der Waals surface area contributed by atoms with E-state index < -0.39 is 0 Å². The molecule has 1 fully saturated rings. The number of aromatic nitrogens is 4. The predicted molar refractivity (Wildman–Crippen MR) is 98.4 cm³/mol. The third kappa shape index (κ3) is 4.05. The average Bonchev–Trinajstić information content (AvgIpc) is 3.21. The van der Waals surface area contributed by atoms with Gasteiger partial charge >= 0.3 is 0 Å². The van der Waals surface area contributed by atoms with Crippen LogP contribution in [0.4, 0.5) is 0 Å². The fourth-order valence-corrected chi connectivity index (χ4v) is 4.55. The van der Waals surface area contributed by atoms with Crippen molar-refractivity contribution in [2.45, 2.75) is 32.4 Å². The number of aliphatic hydroxyl groups is 1. The number of hydrogen-bond acceptors (Lipinski definition) is 6. The van der Waals surface area contributed by atoms with Crippen LogP contribution in [0.3, 0.4) is 0 Å². The molecule has 132 valence electrons. The van der Waals surface area contributed by atoms with Gasteiger partial charge in [0.1, 0.15) is 5.01 Å². The second-order valence-corrected chi connectivity index (χ2v) is 7.84. The highest BCUT2D eigenvalue weighted by molar-refractivity contribution is 7.18. The van der Waals surface area contributed by atoms with E-state index in [0.29, 0.717) is 12.3 Å². The average molecular weight is 357 g/mol. The first-order chi connectivity index (χ1) is 12.3. The molecule has 1 unspecified atom stereocenters. The number of fused-ring (bicyclic) bond motifs is 1. The maximum Gasteiger partial charge on any atom is 0.108 e. The Kier molecular flexibility index (Phi) is 5.05. The van der Waals surface area contributed by atoms with Crippen LogP contribution in [0.25, 0.3) is 10.2 Å². The van der Waals surface area contributed by atoms with E-state index in [9.17, 15) is 0 Å². The van der Waals surface area contributed by atoms with E-state index in [1.807, 2.05) is 16.9 Å². The fourth-order valence-electron chi connectivity index (χ4n) is 3.54. The van der Waals surface area contributed by atoms with E-state index in [4.69, 9.17) is 10.1 Å². The van der Waals surface area contributed by atoms with E-state index >= 15 is 0 Å². The summed E-state index contributed by atoms with van der Waals surface area (Å²) in [6, 6.07) is 8.35. The zero-order chi connectivity index (χ0) is 17.1. The van der Waals surface area contributed by atoms with Crippen LogP contribution in [0.2, 0.25) is 0 Å². The Morgan fingerprint density at radius 2 is 2.20 bits per heavy atom. The van der Waals surface area contributed by atoms with Crippen LogP contribution in [0.5, 0.6) is 0 Å². The molecule has 1 saturated heterocycles. The predicted octanol–water partition coefficient (Wildman–Crippen LogP) is 2.33. The van der Waals surface area contributed by atoms with E-state index in [2.05, 4.69) is 33.4 Å². The smallest absolute Gasteiger partial charge is 0.108 e. The molecular formula is C18H23N5OS. The van der Waals surface area contributed by atoms with Crippen molar-refractivity contribution in [3.8, 4) is 0 Å². The zero-order valence-corrected chi connectivity index (χ0v) is 15.0. The van der Waals surface area contributed by atoms with Gasteiger partial charge in [0.15, 0.2) is 0 Å². The molecule has 1 aliphatic rings. The highest BCUT2D eigenvalue weighted by Crippen LogP contribution is 2.25. The van der Waals surface area contributed by atoms with Crippen molar-refractivity contribution in [1.29, 1.82) is 0 Å². The summed E-state index contributed by atoms with van der Waals surface area (Å²) < 4.78 is 3.20. The first-order valence-electron chi connectivity index (χ1n) is 8.87. The first-order valence-corrected chi connectivity index (χ1v) is 9.68. The molecule has 0 aliphatic carbocycles. The van der Waals surface area contributed by atoms with Crippen molar-refractivity contribution in [2.75, 3.05) is 19.7 Å². The van der Waals surface area contributed by atoms with Crippen molar-refractivity contribution >= 4 is 21.6 Å². The standard InChI is InChI=1S/C18H23N5OS/c24-9-7-15-12-23(21-20-15)11-14-4-3-8-22(10-14)13-18-19-16-5-1-2-6-17(16)25-18/h1-2,5-6,12,14,24H,3-4,7-11,13H2. The van der Waals surface area contributed by atoms with Gasteiger partial charge in [0.25, 0.3) is 0 Å². The lowest BCUT2D eigenvalue weighted by atomic mass is 9.98. The Morgan fingerprint density at radius 3 is 3.08 bits per heavy atom. The lowest BCUT2D eigenvalue weighted by molar-refractivity contribution is 0.152. The van der Waals surface area contributed by atoms with E-state index in [-0.39, 0.29) is 6.61 Å². The van der Waals surface area contributed by atoms with Crippen LogP contribution in [0.1, 0.15) is 23.5 Å². The molecule has 0 radical (unpaired) electrons. The van der Waals surface area contributed by atoms with Gasteiger partial charge in [0.2, 0.25) is 0 Å². The molecule has 0 amide bonds. The molecule has 25 heavy (non-hydrogen) atoms. The largest absolute Gasteiger partial charge is 0.396 e. The molecule has 1 aliphatic heterocycles. The molecule has 1 atom stereocenters. The molecule has 4 rings (SSSR count). The quantitative estimate of drug-likeness (QED) is 0.733. The lowest BCUT2D eigenvalue weighted by Gasteiger charge is -2.31. The van der Waals surface area contributed by atoms with Crippen LogP contribution < -0.4 is 0 Å². The summed E-state index contributed by atoms with van der Waals surface area (Å²) in [7, 11) is 0. The number of hydrogen-bond donors (Lipinski definition) is 1. The second-order valence-electron chi connectivity index (χ2n) is 6.72. The zero-order valence-electron chi connectivity index (χ0n) is 14.2. The molecule has 3 heterocycles. The van der Waals surface area contributed by atoms with Gasteiger partial charge in [-0.05, 0) is 37.4 Å². The van der Waals surface area contributed by atoms with E-state index in [1.165, 1.54) is 22.5 Å². The van der Waals surface area contributed by atoms with Crippen molar-refractivity contribution < 1.29 is 5.11 Å². The van der Waals surface area contributed by atoms with Crippen LogP contribution in [0, 0.1) is 5.92 Å². The summed E-state index contributed by atoms with van der Waals surface area (Å²) in [4.78, 5) is 7.28. The van der Waals surface area contributed by atoms with Crippen molar-refractivity contribution in [2.24, 2.45) is 5.92 Å². The molecular weight excluding hydrogens is 334 g/mol. The number of rotatable bonds is 6. The molecule has 0 saturated carbocycles. The maximum absolute atomic E-state index is 8.99. The van der Waals surface area contributed by atoms with Gasteiger partial charge in [-0.1, -0.05) is 17.3 Å². The Hall–Kier alpha value is -1.83. The van der Waals surface area contributed by atoms with Gasteiger partial charge in [0, 0.05) is 32.3 Å². The highest BCUT2D eigenvalue weighted by Gasteiger charge is 2.21. The van der Waals surface area contributed by atoms with Crippen LogP contribution in [-0.2, 0) is 19.5 Å². The number of benzene rings is 1. The Labute approximate surface area is 151 Å². The highest BCUT2D eigenvalue weighted by atomic mass is 32.1. The Balaban J connectivity index is 1.36. The lowest BCUT2D eigenvalue weighted by Crippen LogP contribution is -2.36. The number of piperidine rings is 1. The molecule has 6 nitrogen and oxygen atoms in total. The topological polar surface area (TPSA) is 67.1 Å². The van der Waals surface area contributed by atoms with E-state index in [1.54, 1.807) is 11.3 Å². The summed E-state index contributed by atoms with van der Waals surface area (Å²) in [6.07, 6.45) is 4.98. The van der Waals surface area contributed by atoms with Crippen LogP contribution in [0.15, 0.2) is 30.5 Å². The normalized spacial score (nSPS) is 18.8. The molecule has 7 heteroatoms. The minimum absolute atomic E-state index is 0.123. The van der Waals surface area contributed by atoms with E-state index in [0.717, 1.165) is 37.4 Å². The van der Waals surface area contributed by atoms with Gasteiger partial charge in [0.05, 0.1) is 22.5 Å². The summed E-state index contributed by atoms with van der Waals surface area (Å²) >= 11 is 1.80. The summed E-state index contributed by atoms with van der Waals surface area (Å²) in [5, 5.41) is 18.5. The SMILES string of the molecule is OCCc1cn(CC2CCCN(Cc3nc4ccccc4s3)C2)nn1. The molecule has 2 aromatic heterocycles. The van der Waals surface area contributed by atoms with Gasteiger partial charge in [-0.2, -0.15) is 0 Å². The van der Waals surface area contributed by atoms with Gasteiger partial charge < -0.3 is 5.11 Å². The fraction of sp³-hybridized carbons (Fsp3) is 0.500. The molecule has 3 aromatic rings. The number of thiazole rings is 1. The Morgan fingerprint density at radius 1 is 1.28 bits per heavy atom. The summed E-state index contributed by atoms with van der Waals surface area (Å²) in [5.74, 6) is 0.590. The number of nitrogens with zero attached hydrogens (tertiary/aromatic N) is 5. The van der Waals surface area contributed by atoms with Crippen molar-refractivity contribution in [3.05, 3.63) is 41.2 Å². The van der Waals surface area contributed by atoms with Gasteiger partial charge in [-0.25, -0.2) is 4.98 Å². The number of para-hydroxylation sites is 1. The Bertz CT molecular complexity index is 797. The first kappa shape index (κ1) is 16.6. The molecule has 1 N–H and O–H groups in total. The van der Waals surface area contributed by atoms with Crippen LogP contribution >= 0.6 is 11.3 Å². The molecule has 1 aromatic carbocycles. The maximum atomic E-state index is 8.99. The van der Waals surface area contributed by atoms with Crippen molar-refractivity contribution in [1.82, 2.24) is 24.9 Å². The van der Waals surface area contributed by atoms with Gasteiger partial charge in [-0.3, -0.25) is 9.58 Å².